The van der Waals surface area contributed by atoms with Crippen molar-refractivity contribution >= 4 is 37.9 Å². The number of hydrogen-bond acceptors (Lipinski definition) is 7. The van der Waals surface area contributed by atoms with Gasteiger partial charge in [-0.2, -0.15) is 0 Å². The van der Waals surface area contributed by atoms with Crippen LogP contribution >= 0.6 is 15.9 Å². The fraction of sp³-hybridized carbons (Fsp3) is 0.333. The molecule has 0 spiro atoms. The number of aryl methyl sites for hydroxylation is 1. The molecule has 0 aliphatic rings. The first-order valence-electron chi connectivity index (χ1n) is 8.15. The molecule has 0 saturated heterocycles. The third kappa shape index (κ3) is 5.00. The van der Waals surface area contributed by atoms with Crippen LogP contribution in [0.1, 0.15) is 40.2 Å². The third-order valence-corrected chi connectivity index (χ3v) is 5.96. The van der Waals surface area contributed by atoms with Gasteiger partial charge in [0.1, 0.15) is 11.3 Å². The monoisotopic (exact) mass is 473 g/mol. The Morgan fingerprint density at radius 1 is 1.21 bits per heavy atom. The molecule has 1 aromatic heterocycles. The molecule has 0 aliphatic heterocycles. The smallest absolute Gasteiger partial charge is 0.341 e. The Kier molecular flexibility index (Phi) is 7.02. The van der Waals surface area contributed by atoms with Gasteiger partial charge in [0.15, 0.2) is 4.67 Å². The minimum Gasteiger partial charge on any atom is -0.469 e. The molecular formula is C18H20BrNO7S. The number of ether oxygens (including phenoxy) is 2. The number of nitrogens with one attached hydrogen (secondary N) is 1. The first-order chi connectivity index (χ1) is 13.1. The Morgan fingerprint density at radius 3 is 2.50 bits per heavy atom. The molecule has 0 amide bonds. The molecule has 1 N–H and O–H groups in total. The predicted octanol–water partition coefficient (Wildman–Crippen LogP) is 2.89. The van der Waals surface area contributed by atoms with Crippen molar-refractivity contribution in [2.45, 2.75) is 31.2 Å². The van der Waals surface area contributed by atoms with E-state index in [1.54, 1.807) is 19.1 Å². The van der Waals surface area contributed by atoms with E-state index in [1.165, 1.54) is 33.3 Å². The van der Waals surface area contributed by atoms with Crippen LogP contribution in [0.15, 0.2) is 38.2 Å². The zero-order valence-electron chi connectivity index (χ0n) is 15.7. The molecule has 152 valence electrons. The van der Waals surface area contributed by atoms with E-state index >= 15 is 0 Å². The summed E-state index contributed by atoms with van der Waals surface area (Å²) in [6.45, 7) is 3.32. The normalized spacial score (nSPS) is 12.5. The fourth-order valence-corrected chi connectivity index (χ4v) is 4.48. The molecule has 0 bridgehead atoms. The minimum absolute atomic E-state index is 0.0550. The highest BCUT2D eigenvalue weighted by atomic mass is 79.9. The Morgan fingerprint density at radius 2 is 1.89 bits per heavy atom. The number of esters is 2. The number of benzene rings is 1. The van der Waals surface area contributed by atoms with Gasteiger partial charge in [0, 0.05) is 6.07 Å². The molecule has 2 aromatic rings. The van der Waals surface area contributed by atoms with E-state index in [9.17, 15) is 18.0 Å². The third-order valence-electron chi connectivity index (χ3n) is 3.93. The van der Waals surface area contributed by atoms with Crippen LogP contribution in [0.5, 0.6) is 0 Å². The minimum atomic E-state index is -4.03. The van der Waals surface area contributed by atoms with Gasteiger partial charge in [-0.25, -0.2) is 17.9 Å². The Bertz CT molecular complexity index is 997. The second kappa shape index (κ2) is 8.89. The molecule has 28 heavy (non-hydrogen) atoms. The van der Waals surface area contributed by atoms with Crippen molar-refractivity contribution in [3.63, 3.8) is 0 Å². The van der Waals surface area contributed by atoms with E-state index < -0.39 is 28.0 Å². The van der Waals surface area contributed by atoms with Crippen LogP contribution in [0.3, 0.4) is 0 Å². The maximum Gasteiger partial charge on any atom is 0.341 e. The Labute approximate surface area is 171 Å². The van der Waals surface area contributed by atoms with Gasteiger partial charge in [-0.3, -0.25) is 4.79 Å². The number of carbonyl (C=O) groups is 2. The van der Waals surface area contributed by atoms with Gasteiger partial charge in [0.05, 0.1) is 31.6 Å². The number of sulfonamides is 1. The summed E-state index contributed by atoms with van der Waals surface area (Å²) >= 11 is 3.12. The summed E-state index contributed by atoms with van der Waals surface area (Å²) in [6.07, 6.45) is -0.192. The topological polar surface area (TPSA) is 112 Å². The first kappa shape index (κ1) is 22.1. The van der Waals surface area contributed by atoms with Gasteiger partial charge in [-0.1, -0.05) is 17.7 Å². The summed E-state index contributed by atoms with van der Waals surface area (Å²) in [5.74, 6) is -1.11. The van der Waals surface area contributed by atoms with Crippen LogP contribution in [0.2, 0.25) is 0 Å². The number of carbonyl (C=O) groups excluding carboxylic acids is 2. The number of rotatable bonds is 7. The number of methoxy groups -OCH3 is 2. The molecule has 0 radical (unpaired) electrons. The van der Waals surface area contributed by atoms with Crippen LogP contribution in [-0.4, -0.2) is 34.6 Å². The molecule has 2 rings (SSSR count). The lowest BCUT2D eigenvalue weighted by Crippen LogP contribution is -2.29. The second-order valence-corrected chi connectivity index (χ2v) is 8.49. The predicted molar refractivity (Wildman–Crippen MR) is 103 cm³/mol. The molecule has 0 aliphatic carbocycles. The van der Waals surface area contributed by atoms with Crippen LogP contribution in [0.4, 0.5) is 0 Å². The van der Waals surface area contributed by atoms with Crippen molar-refractivity contribution in [3.8, 4) is 0 Å². The van der Waals surface area contributed by atoms with Crippen molar-refractivity contribution in [3.05, 3.63) is 51.4 Å². The molecule has 1 unspecified atom stereocenters. The molecule has 1 aromatic carbocycles. The number of furan rings is 1. The fourth-order valence-electron chi connectivity index (χ4n) is 2.65. The van der Waals surface area contributed by atoms with Crippen molar-refractivity contribution in [2.24, 2.45) is 0 Å². The van der Waals surface area contributed by atoms with Gasteiger partial charge in [-0.05, 0) is 41.4 Å². The zero-order valence-corrected chi connectivity index (χ0v) is 18.1. The molecule has 1 heterocycles. The number of hydrogen-bond donors (Lipinski definition) is 1. The van der Waals surface area contributed by atoms with E-state index in [2.05, 4.69) is 25.4 Å². The highest BCUT2D eigenvalue weighted by Crippen LogP contribution is 2.28. The SMILES string of the molecule is COC(=O)Cc1cc(C)ccc1S(=O)(=O)NC(C)c1oc(Br)cc1C(=O)OC. The quantitative estimate of drug-likeness (QED) is 0.615. The van der Waals surface area contributed by atoms with Gasteiger partial charge >= 0.3 is 11.9 Å². The van der Waals surface area contributed by atoms with E-state index in [4.69, 9.17) is 9.15 Å². The molecule has 0 saturated carbocycles. The van der Waals surface area contributed by atoms with Gasteiger partial charge < -0.3 is 13.9 Å². The molecule has 10 heteroatoms. The summed E-state index contributed by atoms with van der Waals surface area (Å²) in [5, 5.41) is 0. The van der Waals surface area contributed by atoms with E-state index in [0.29, 0.717) is 5.56 Å². The molecule has 8 nitrogen and oxygen atoms in total. The van der Waals surface area contributed by atoms with E-state index in [0.717, 1.165) is 5.56 Å². The van der Waals surface area contributed by atoms with Crippen LogP contribution in [0.25, 0.3) is 0 Å². The lowest BCUT2D eigenvalue weighted by atomic mass is 10.1. The van der Waals surface area contributed by atoms with Crippen LogP contribution in [0, 0.1) is 6.92 Å². The molecule has 0 fully saturated rings. The number of halogens is 1. The zero-order chi connectivity index (χ0) is 21.1. The van der Waals surface area contributed by atoms with E-state index in [-0.39, 0.29) is 27.3 Å². The average molecular weight is 474 g/mol. The molecule has 1 atom stereocenters. The standard InChI is InChI=1S/C18H20BrNO7S/c1-10-5-6-14(12(7-10)8-16(21)25-3)28(23,24)20-11(2)17-13(18(22)26-4)9-15(19)27-17/h5-7,9,11,20H,8H2,1-4H3. The Balaban J connectivity index is 2.39. The summed E-state index contributed by atoms with van der Waals surface area (Å²) in [4.78, 5) is 23.5. The maximum atomic E-state index is 12.9. The first-order valence-corrected chi connectivity index (χ1v) is 10.4. The maximum absolute atomic E-state index is 12.9. The highest BCUT2D eigenvalue weighted by Gasteiger charge is 2.28. The largest absolute Gasteiger partial charge is 0.469 e. The lowest BCUT2D eigenvalue weighted by molar-refractivity contribution is -0.139. The van der Waals surface area contributed by atoms with Gasteiger partial charge in [-0.15, -0.1) is 0 Å². The van der Waals surface area contributed by atoms with Crippen molar-refractivity contribution < 1.29 is 31.9 Å². The van der Waals surface area contributed by atoms with Crippen molar-refractivity contribution in [1.82, 2.24) is 4.72 Å². The van der Waals surface area contributed by atoms with Gasteiger partial charge in [0.25, 0.3) is 0 Å². The Hall–Kier alpha value is -2.17. The van der Waals surface area contributed by atoms with Crippen LogP contribution < -0.4 is 4.72 Å². The average Bonchev–Trinajstić information content (AvgIpc) is 3.02. The van der Waals surface area contributed by atoms with E-state index in [1.807, 2.05) is 0 Å². The second-order valence-electron chi connectivity index (χ2n) is 6.03. The molecular weight excluding hydrogens is 454 g/mol. The summed E-state index contributed by atoms with van der Waals surface area (Å²) in [6, 6.07) is 5.18. The van der Waals surface area contributed by atoms with Crippen molar-refractivity contribution in [2.75, 3.05) is 14.2 Å². The van der Waals surface area contributed by atoms with Crippen molar-refractivity contribution in [1.29, 1.82) is 0 Å². The summed E-state index contributed by atoms with van der Waals surface area (Å²) < 4.78 is 43.4. The summed E-state index contributed by atoms with van der Waals surface area (Å²) in [5.41, 5.74) is 1.21. The highest BCUT2D eigenvalue weighted by molar-refractivity contribution is 9.10. The lowest BCUT2D eigenvalue weighted by Gasteiger charge is -2.16. The van der Waals surface area contributed by atoms with Gasteiger partial charge in [0.2, 0.25) is 10.0 Å². The van der Waals surface area contributed by atoms with Crippen LogP contribution in [-0.2, 0) is 30.7 Å². The summed E-state index contributed by atoms with van der Waals surface area (Å²) in [7, 11) is -1.59.